The van der Waals surface area contributed by atoms with E-state index < -0.39 is 5.97 Å². The van der Waals surface area contributed by atoms with Crippen LogP contribution >= 0.6 is 0 Å². The number of likely N-dealkylation sites (tertiary alicyclic amines) is 1. The van der Waals surface area contributed by atoms with Gasteiger partial charge in [-0.3, -0.25) is 9.69 Å². The maximum atomic E-state index is 11.5. The van der Waals surface area contributed by atoms with Gasteiger partial charge in [0.2, 0.25) is 0 Å². The number of hydrogen-bond donors (Lipinski definition) is 1. The molecule has 1 aliphatic rings. The Labute approximate surface area is 194 Å². The monoisotopic (exact) mass is 437 g/mol. The van der Waals surface area contributed by atoms with Crippen molar-refractivity contribution in [2.45, 2.75) is 18.9 Å². The Morgan fingerprint density at radius 3 is 2.27 bits per heavy atom. The van der Waals surface area contributed by atoms with Crippen LogP contribution in [0.25, 0.3) is 10.8 Å². The first-order chi connectivity index (χ1) is 16.2. The van der Waals surface area contributed by atoms with E-state index in [-0.39, 0.29) is 12.0 Å². The lowest BCUT2D eigenvalue weighted by atomic mass is 9.89. The quantitative estimate of drug-likeness (QED) is 0.373. The molecule has 0 aromatic heterocycles. The fourth-order valence-electron chi connectivity index (χ4n) is 4.85. The Balaban J connectivity index is 1.55. The molecule has 0 aliphatic carbocycles. The third-order valence-corrected chi connectivity index (χ3v) is 6.51. The van der Waals surface area contributed by atoms with Crippen LogP contribution in [0.15, 0.2) is 97.1 Å². The van der Waals surface area contributed by atoms with Crippen molar-refractivity contribution in [2.75, 3.05) is 13.1 Å². The number of para-hydroxylation sites is 1. The highest BCUT2D eigenvalue weighted by molar-refractivity contribution is 5.86. The van der Waals surface area contributed by atoms with Crippen LogP contribution in [0.3, 0.4) is 0 Å². The molecule has 4 heteroatoms. The van der Waals surface area contributed by atoms with Crippen LogP contribution in [0.4, 0.5) is 0 Å². The second-order valence-electron chi connectivity index (χ2n) is 8.61. The predicted octanol–water partition coefficient (Wildman–Crippen LogP) is 6.52. The summed E-state index contributed by atoms with van der Waals surface area (Å²) in [5.41, 5.74) is 2.38. The largest absolute Gasteiger partial charge is 0.481 e. The summed E-state index contributed by atoms with van der Waals surface area (Å²) in [7, 11) is 0. The van der Waals surface area contributed by atoms with Crippen molar-refractivity contribution >= 4 is 16.7 Å². The number of piperidine rings is 1. The molecular weight excluding hydrogens is 410 g/mol. The maximum absolute atomic E-state index is 11.5. The number of carboxylic acids is 1. The summed E-state index contributed by atoms with van der Waals surface area (Å²) in [6.07, 6.45) is 1.33. The lowest BCUT2D eigenvalue weighted by Gasteiger charge is -2.37. The molecule has 0 bridgehead atoms. The number of rotatable bonds is 6. The van der Waals surface area contributed by atoms with E-state index in [2.05, 4.69) is 59.5 Å². The molecule has 0 radical (unpaired) electrons. The van der Waals surface area contributed by atoms with Crippen LogP contribution in [0, 0.1) is 5.92 Å². The highest BCUT2D eigenvalue weighted by Crippen LogP contribution is 2.37. The van der Waals surface area contributed by atoms with Gasteiger partial charge in [-0.25, -0.2) is 0 Å². The van der Waals surface area contributed by atoms with Gasteiger partial charge in [-0.2, -0.15) is 0 Å². The minimum Gasteiger partial charge on any atom is -0.481 e. The van der Waals surface area contributed by atoms with Gasteiger partial charge in [-0.05, 0) is 72.1 Å². The average Bonchev–Trinajstić information content (AvgIpc) is 2.86. The average molecular weight is 438 g/mol. The number of carbonyl (C=O) groups is 1. The van der Waals surface area contributed by atoms with Gasteiger partial charge in [0.25, 0.3) is 0 Å². The molecule has 1 N–H and O–H groups in total. The SMILES string of the molecule is O=C(O)C1CCN(C(c2cccc(Oc3ccccc3)c2)c2cccc3ccccc23)CC1. The first-order valence-corrected chi connectivity index (χ1v) is 11.5. The second-order valence-corrected chi connectivity index (χ2v) is 8.61. The van der Waals surface area contributed by atoms with Crippen molar-refractivity contribution in [1.29, 1.82) is 0 Å². The highest BCUT2D eigenvalue weighted by atomic mass is 16.5. The van der Waals surface area contributed by atoms with E-state index in [1.54, 1.807) is 0 Å². The van der Waals surface area contributed by atoms with Crippen LogP contribution in [-0.2, 0) is 4.79 Å². The Kier molecular flexibility index (Phi) is 6.09. The molecule has 1 aliphatic heterocycles. The summed E-state index contributed by atoms with van der Waals surface area (Å²) >= 11 is 0. The zero-order chi connectivity index (χ0) is 22.6. The predicted molar refractivity (Wildman–Crippen MR) is 131 cm³/mol. The van der Waals surface area contributed by atoms with Gasteiger partial charge < -0.3 is 9.84 Å². The smallest absolute Gasteiger partial charge is 0.306 e. The maximum Gasteiger partial charge on any atom is 0.306 e. The lowest BCUT2D eigenvalue weighted by molar-refractivity contribution is -0.143. The molecule has 1 unspecified atom stereocenters. The first-order valence-electron chi connectivity index (χ1n) is 11.5. The summed E-state index contributed by atoms with van der Waals surface area (Å²) in [6.45, 7) is 1.49. The minimum absolute atomic E-state index is 0.0187. The molecule has 4 nitrogen and oxygen atoms in total. The van der Waals surface area contributed by atoms with Crippen molar-refractivity contribution in [2.24, 2.45) is 5.92 Å². The Hall–Kier alpha value is -3.63. The fraction of sp³-hybridized carbons (Fsp3) is 0.207. The zero-order valence-corrected chi connectivity index (χ0v) is 18.4. The normalized spacial score (nSPS) is 15.9. The first kappa shape index (κ1) is 21.2. The van der Waals surface area contributed by atoms with Crippen LogP contribution in [0.1, 0.15) is 30.0 Å². The number of fused-ring (bicyclic) bond motifs is 1. The van der Waals surface area contributed by atoms with Crippen LogP contribution < -0.4 is 4.74 Å². The highest BCUT2D eigenvalue weighted by Gasteiger charge is 2.31. The van der Waals surface area contributed by atoms with Gasteiger partial charge in [0.15, 0.2) is 0 Å². The van der Waals surface area contributed by atoms with Gasteiger partial charge in [0.05, 0.1) is 12.0 Å². The molecule has 4 aromatic carbocycles. The number of ether oxygens (including phenoxy) is 1. The Morgan fingerprint density at radius 2 is 1.48 bits per heavy atom. The van der Waals surface area contributed by atoms with Gasteiger partial charge >= 0.3 is 5.97 Å². The van der Waals surface area contributed by atoms with Crippen LogP contribution in [0.2, 0.25) is 0 Å². The third-order valence-electron chi connectivity index (χ3n) is 6.51. The minimum atomic E-state index is -0.686. The number of nitrogens with zero attached hydrogens (tertiary/aromatic N) is 1. The van der Waals surface area contributed by atoms with Gasteiger partial charge in [0.1, 0.15) is 11.5 Å². The van der Waals surface area contributed by atoms with Crippen molar-refractivity contribution in [3.8, 4) is 11.5 Å². The van der Waals surface area contributed by atoms with E-state index in [1.807, 2.05) is 42.5 Å². The third kappa shape index (κ3) is 4.62. The summed E-state index contributed by atoms with van der Waals surface area (Å²) in [6, 6.07) is 33.0. The molecular formula is C29H27NO3. The Morgan fingerprint density at radius 1 is 0.818 bits per heavy atom. The Bertz CT molecular complexity index is 1240. The topological polar surface area (TPSA) is 49.8 Å². The van der Waals surface area contributed by atoms with Crippen molar-refractivity contribution in [1.82, 2.24) is 4.90 Å². The molecule has 1 atom stereocenters. The van der Waals surface area contributed by atoms with Gasteiger partial charge in [-0.1, -0.05) is 72.8 Å². The summed E-state index contributed by atoms with van der Waals surface area (Å²) in [4.78, 5) is 13.9. The van der Waals surface area contributed by atoms with E-state index in [1.165, 1.54) is 16.3 Å². The summed E-state index contributed by atoms with van der Waals surface area (Å²) in [5.74, 6) is 0.653. The molecule has 1 fully saturated rings. The molecule has 1 heterocycles. The van der Waals surface area contributed by atoms with Crippen molar-refractivity contribution < 1.29 is 14.6 Å². The number of benzene rings is 4. The zero-order valence-electron chi connectivity index (χ0n) is 18.4. The van der Waals surface area contributed by atoms with Crippen LogP contribution in [-0.4, -0.2) is 29.1 Å². The summed E-state index contributed by atoms with van der Waals surface area (Å²) < 4.78 is 6.13. The molecule has 5 rings (SSSR count). The standard InChI is InChI=1S/C29H27NO3/c31-29(32)22-16-18-30(19-17-22)28(27-15-7-9-21-8-4-5-14-26(21)27)23-10-6-13-25(20-23)33-24-11-2-1-3-12-24/h1-15,20,22,28H,16-19H2,(H,31,32). The van der Waals surface area contributed by atoms with Crippen LogP contribution in [0.5, 0.6) is 11.5 Å². The second kappa shape index (κ2) is 9.47. The van der Waals surface area contributed by atoms with E-state index >= 15 is 0 Å². The van der Waals surface area contributed by atoms with Crippen molar-refractivity contribution in [3.63, 3.8) is 0 Å². The van der Waals surface area contributed by atoms with Gasteiger partial charge in [-0.15, -0.1) is 0 Å². The van der Waals surface area contributed by atoms with Gasteiger partial charge in [0, 0.05) is 0 Å². The van der Waals surface area contributed by atoms with E-state index in [0.717, 1.165) is 30.2 Å². The lowest BCUT2D eigenvalue weighted by Crippen LogP contribution is -2.39. The molecule has 166 valence electrons. The van der Waals surface area contributed by atoms with E-state index in [0.29, 0.717) is 12.8 Å². The number of carboxylic acid groups (broad SMARTS) is 1. The fourth-order valence-corrected chi connectivity index (χ4v) is 4.85. The molecule has 4 aromatic rings. The number of hydrogen-bond acceptors (Lipinski definition) is 3. The molecule has 1 saturated heterocycles. The number of aliphatic carboxylic acids is 1. The van der Waals surface area contributed by atoms with Crippen molar-refractivity contribution in [3.05, 3.63) is 108 Å². The molecule has 0 spiro atoms. The van der Waals surface area contributed by atoms with E-state index in [9.17, 15) is 9.90 Å². The molecule has 0 saturated carbocycles. The molecule has 0 amide bonds. The molecule has 33 heavy (non-hydrogen) atoms. The van der Waals surface area contributed by atoms with E-state index in [4.69, 9.17) is 4.74 Å². The summed E-state index contributed by atoms with van der Waals surface area (Å²) in [5, 5.41) is 11.9.